The zero-order valence-electron chi connectivity index (χ0n) is 12.3. The molecule has 0 bridgehead atoms. The molecule has 0 spiro atoms. The molecule has 0 aliphatic carbocycles. The molecule has 2 rings (SSSR count). The average molecular weight is 302 g/mol. The van der Waals surface area contributed by atoms with Gasteiger partial charge in [0.2, 0.25) is 0 Å². The standard InChI is InChI=1S/C14H21F3N4/c1-10(9-21-5-3-4-6-21)19-13-8-11(14(15,16)17)7-12(18-2)20-13/h7-8,10H,3-6,9H2,1-2H3,(H2,18,19,20). The van der Waals surface area contributed by atoms with Crippen LogP contribution in [-0.4, -0.2) is 42.6 Å². The minimum atomic E-state index is -4.37. The van der Waals surface area contributed by atoms with Crippen LogP contribution in [0, 0.1) is 0 Å². The molecule has 1 aliphatic heterocycles. The molecule has 1 aromatic heterocycles. The normalized spacial score (nSPS) is 17.8. The van der Waals surface area contributed by atoms with E-state index in [0.29, 0.717) is 0 Å². The highest BCUT2D eigenvalue weighted by atomic mass is 19.4. The number of likely N-dealkylation sites (tertiary alicyclic amines) is 1. The van der Waals surface area contributed by atoms with Gasteiger partial charge in [-0.25, -0.2) is 4.98 Å². The third kappa shape index (κ3) is 4.49. The summed E-state index contributed by atoms with van der Waals surface area (Å²) in [6.45, 7) is 4.89. The van der Waals surface area contributed by atoms with Crippen LogP contribution in [0.1, 0.15) is 25.3 Å². The summed E-state index contributed by atoms with van der Waals surface area (Å²) in [4.78, 5) is 6.45. The van der Waals surface area contributed by atoms with Gasteiger partial charge in [-0.05, 0) is 45.0 Å². The zero-order valence-corrected chi connectivity index (χ0v) is 12.3. The summed E-state index contributed by atoms with van der Waals surface area (Å²) < 4.78 is 38.6. The lowest BCUT2D eigenvalue weighted by Crippen LogP contribution is -2.33. The van der Waals surface area contributed by atoms with Gasteiger partial charge in [-0.1, -0.05) is 0 Å². The highest BCUT2D eigenvalue weighted by Gasteiger charge is 2.31. The van der Waals surface area contributed by atoms with Crippen molar-refractivity contribution in [1.82, 2.24) is 9.88 Å². The summed E-state index contributed by atoms with van der Waals surface area (Å²) >= 11 is 0. The number of rotatable bonds is 5. The molecule has 1 aromatic rings. The van der Waals surface area contributed by atoms with Crippen molar-refractivity contribution in [3.8, 4) is 0 Å². The fourth-order valence-corrected chi connectivity index (χ4v) is 2.55. The number of halogens is 3. The van der Waals surface area contributed by atoms with E-state index >= 15 is 0 Å². The van der Waals surface area contributed by atoms with Crippen molar-refractivity contribution in [3.63, 3.8) is 0 Å². The van der Waals surface area contributed by atoms with E-state index in [9.17, 15) is 13.2 Å². The number of alkyl halides is 3. The number of hydrogen-bond donors (Lipinski definition) is 2. The predicted octanol–water partition coefficient (Wildman–Crippen LogP) is 3.04. The van der Waals surface area contributed by atoms with Gasteiger partial charge in [0, 0.05) is 19.6 Å². The molecule has 118 valence electrons. The van der Waals surface area contributed by atoms with E-state index in [0.717, 1.165) is 31.8 Å². The minimum absolute atomic E-state index is 0.0452. The first-order valence-electron chi connectivity index (χ1n) is 7.14. The maximum atomic E-state index is 12.9. The largest absolute Gasteiger partial charge is 0.416 e. The topological polar surface area (TPSA) is 40.2 Å². The van der Waals surface area contributed by atoms with Crippen LogP contribution in [0.3, 0.4) is 0 Å². The van der Waals surface area contributed by atoms with Gasteiger partial charge in [0.05, 0.1) is 5.56 Å². The van der Waals surface area contributed by atoms with Gasteiger partial charge in [0.1, 0.15) is 11.6 Å². The Labute approximate surface area is 122 Å². The molecule has 7 heteroatoms. The van der Waals surface area contributed by atoms with E-state index < -0.39 is 11.7 Å². The van der Waals surface area contributed by atoms with Crippen molar-refractivity contribution in [1.29, 1.82) is 0 Å². The van der Waals surface area contributed by atoms with Crippen LogP contribution in [0.25, 0.3) is 0 Å². The molecule has 2 N–H and O–H groups in total. The molecule has 0 amide bonds. The van der Waals surface area contributed by atoms with E-state index in [1.54, 1.807) is 7.05 Å². The van der Waals surface area contributed by atoms with Crippen molar-refractivity contribution in [3.05, 3.63) is 17.7 Å². The Kier molecular flexibility index (Phi) is 4.92. The zero-order chi connectivity index (χ0) is 15.5. The van der Waals surface area contributed by atoms with E-state index in [4.69, 9.17) is 0 Å². The quantitative estimate of drug-likeness (QED) is 0.877. The minimum Gasteiger partial charge on any atom is -0.373 e. The van der Waals surface area contributed by atoms with Gasteiger partial charge in [0.15, 0.2) is 0 Å². The van der Waals surface area contributed by atoms with Gasteiger partial charge < -0.3 is 15.5 Å². The number of aromatic nitrogens is 1. The summed E-state index contributed by atoms with van der Waals surface area (Å²) in [7, 11) is 1.56. The SMILES string of the molecule is CNc1cc(C(F)(F)F)cc(NC(C)CN2CCCC2)n1. The van der Waals surface area contributed by atoms with E-state index in [2.05, 4.69) is 20.5 Å². The molecule has 1 fully saturated rings. The average Bonchev–Trinajstić information content (AvgIpc) is 2.89. The molecule has 1 saturated heterocycles. The van der Waals surface area contributed by atoms with Gasteiger partial charge in [-0.15, -0.1) is 0 Å². The van der Waals surface area contributed by atoms with Crippen molar-refractivity contribution in [2.75, 3.05) is 37.3 Å². The summed E-state index contributed by atoms with van der Waals surface area (Å²) in [6.07, 6.45) is -1.99. The molecule has 0 radical (unpaired) electrons. The third-order valence-electron chi connectivity index (χ3n) is 3.53. The Bertz CT molecular complexity index is 470. The van der Waals surface area contributed by atoms with Crippen molar-refractivity contribution in [2.45, 2.75) is 32.0 Å². The molecule has 1 atom stereocenters. The van der Waals surface area contributed by atoms with Gasteiger partial charge in [-0.3, -0.25) is 0 Å². The molecule has 2 heterocycles. The van der Waals surface area contributed by atoms with Crippen LogP contribution < -0.4 is 10.6 Å². The fourth-order valence-electron chi connectivity index (χ4n) is 2.55. The van der Waals surface area contributed by atoms with Crippen LogP contribution in [0.2, 0.25) is 0 Å². The molecule has 0 saturated carbocycles. The predicted molar refractivity (Wildman–Crippen MR) is 77.5 cm³/mol. The van der Waals surface area contributed by atoms with Crippen molar-refractivity contribution >= 4 is 11.6 Å². The Morgan fingerprint density at radius 3 is 2.43 bits per heavy atom. The van der Waals surface area contributed by atoms with Gasteiger partial charge >= 0.3 is 6.18 Å². The first-order valence-corrected chi connectivity index (χ1v) is 7.14. The van der Waals surface area contributed by atoms with E-state index in [1.807, 2.05) is 6.92 Å². The third-order valence-corrected chi connectivity index (χ3v) is 3.53. The van der Waals surface area contributed by atoms with Crippen LogP contribution in [-0.2, 0) is 6.18 Å². The second-order valence-electron chi connectivity index (χ2n) is 5.43. The Hall–Kier alpha value is -1.50. The monoisotopic (exact) mass is 302 g/mol. The molecular formula is C14H21F3N4. The number of hydrogen-bond acceptors (Lipinski definition) is 4. The Balaban J connectivity index is 2.07. The maximum Gasteiger partial charge on any atom is 0.416 e. The van der Waals surface area contributed by atoms with Gasteiger partial charge in [0.25, 0.3) is 0 Å². The van der Waals surface area contributed by atoms with Crippen LogP contribution in [0.4, 0.5) is 24.8 Å². The van der Waals surface area contributed by atoms with E-state index in [1.165, 1.54) is 12.8 Å². The number of nitrogens with one attached hydrogen (secondary N) is 2. The summed E-state index contributed by atoms with van der Waals surface area (Å²) in [5, 5.41) is 5.73. The first kappa shape index (κ1) is 15.9. The summed E-state index contributed by atoms with van der Waals surface area (Å²) in [6, 6.07) is 2.11. The summed E-state index contributed by atoms with van der Waals surface area (Å²) in [5.74, 6) is 0.460. The van der Waals surface area contributed by atoms with Crippen LogP contribution >= 0.6 is 0 Å². The Morgan fingerprint density at radius 1 is 1.24 bits per heavy atom. The molecule has 1 aliphatic rings. The lowest BCUT2D eigenvalue weighted by molar-refractivity contribution is -0.137. The molecule has 0 aromatic carbocycles. The second kappa shape index (κ2) is 6.51. The lowest BCUT2D eigenvalue weighted by Gasteiger charge is -2.22. The van der Waals surface area contributed by atoms with Crippen molar-refractivity contribution < 1.29 is 13.2 Å². The maximum absolute atomic E-state index is 12.9. The van der Waals surface area contributed by atoms with Crippen molar-refractivity contribution in [2.24, 2.45) is 0 Å². The lowest BCUT2D eigenvalue weighted by atomic mass is 10.2. The smallest absolute Gasteiger partial charge is 0.373 e. The fraction of sp³-hybridized carbons (Fsp3) is 0.643. The molecule has 1 unspecified atom stereocenters. The highest BCUT2D eigenvalue weighted by Crippen LogP contribution is 2.32. The highest BCUT2D eigenvalue weighted by molar-refractivity contribution is 5.49. The molecule has 4 nitrogen and oxygen atoms in total. The van der Waals surface area contributed by atoms with E-state index in [-0.39, 0.29) is 17.7 Å². The first-order chi connectivity index (χ1) is 9.88. The molecular weight excluding hydrogens is 281 g/mol. The number of pyridine rings is 1. The van der Waals surface area contributed by atoms with Gasteiger partial charge in [-0.2, -0.15) is 13.2 Å². The summed E-state index contributed by atoms with van der Waals surface area (Å²) in [5.41, 5.74) is -0.697. The van der Waals surface area contributed by atoms with Crippen LogP contribution in [0.15, 0.2) is 12.1 Å². The Morgan fingerprint density at radius 2 is 1.86 bits per heavy atom. The number of anilines is 2. The second-order valence-corrected chi connectivity index (χ2v) is 5.43. The number of nitrogens with zero attached hydrogens (tertiary/aromatic N) is 2. The van der Waals surface area contributed by atoms with Crippen LogP contribution in [0.5, 0.6) is 0 Å². The molecule has 21 heavy (non-hydrogen) atoms.